The molecular formula is C16H24N2O2S. The normalized spacial score (nSPS) is 10.2. The maximum Gasteiger partial charge on any atom is 0.170 e. The monoisotopic (exact) mass is 308 g/mol. The number of rotatable bonds is 9. The molecule has 0 fully saturated rings. The van der Waals surface area contributed by atoms with E-state index in [4.69, 9.17) is 21.7 Å². The Morgan fingerprint density at radius 1 is 1.33 bits per heavy atom. The van der Waals surface area contributed by atoms with Gasteiger partial charge in [-0.2, -0.15) is 0 Å². The maximum atomic E-state index is 5.46. The van der Waals surface area contributed by atoms with E-state index < -0.39 is 0 Å². The number of ether oxygens (including phenoxy) is 2. The van der Waals surface area contributed by atoms with E-state index in [-0.39, 0.29) is 6.10 Å². The number of thiocarbonyl (C=S) groups is 1. The Hall–Kier alpha value is -1.59. The summed E-state index contributed by atoms with van der Waals surface area (Å²) in [5, 5.41) is 6.89. The summed E-state index contributed by atoms with van der Waals surface area (Å²) in [5.41, 5.74) is 0.928. The van der Waals surface area contributed by atoms with Crippen molar-refractivity contribution in [2.24, 2.45) is 0 Å². The highest BCUT2D eigenvalue weighted by Crippen LogP contribution is 2.15. The number of benzene rings is 1. The minimum Gasteiger partial charge on any atom is -0.490 e. The third kappa shape index (κ3) is 8.32. The van der Waals surface area contributed by atoms with E-state index in [1.54, 1.807) is 6.08 Å². The molecule has 0 amide bonds. The van der Waals surface area contributed by atoms with Gasteiger partial charge in [-0.05, 0) is 56.8 Å². The molecule has 21 heavy (non-hydrogen) atoms. The Kier molecular flexibility index (Phi) is 8.47. The lowest BCUT2D eigenvalue weighted by molar-refractivity contribution is 0.0777. The molecule has 1 rings (SSSR count). The van der Waals surface area contributed by atoms with Crippen LogP contribution in [0.15, 0.2) is 36.9 Å². The number of anilines is 1. The SMILES string of the molecule is C=CCOc1ccc(NC(=S)NCCCOC(C)C)cc1. The molecule has 1 aromatic rings. The molecule has 116 valence electrons. The predicted octanol–water partition coefficient (Wildman–Crippen LogP) is 3.35. The Balaban J connectivity index is 2.23. The third-order valence-corrected chi connectivity index (χ3v) is 2.78. The van der Waals surface area contributed by atoms with Gasteiger partial charge >= 0.3 is 0 Å². The van der Waals surface area contributed by atoms with Crippen molar-refractivity contribution in [3.63, 3.8) is 0 Å². The zero-order valence-corrected chi connectivity index (χ0v) is 13.5. The van der Waals surface area contributed by atoms with Crippen LogP contribution in [0.4, 0.5) is 5.69 Å². The lowest BCUT2D eigenvalue weighted by Crippen LogP contribution is -2.29. The second-order valence-electron chi connectivity index (χ2n) is 4.78. The molecule has 2 N–H and O–H groups in total. The summed E-state index contributed by atoms with van der Waals surface area (Å²) in [6.07, 6.45) is 2.92. The highest BCUT2D eigenvalue weighted by atomic mass is 32.1. The van der Waals surface area contributed by atoms with Crippen LogP contribution in [0.1, 0.15) is 20.3 Å². The molecule has 0 unspecified atom stereocenters. The van der Waals surface area contributed by atoms with Gasteiger partial charge in [0.2, 0.25) is 0 Å². The zero-order chi connectivity index (χ0) is 15.5. The second-order valence-corrected chi connectivity index (χ2v) is 5.19. The van der Waals surface area contributed by atoms with Gasteiger partial charge in [-0.15, -0.1) is 0 Å². The first-order valence-electron chi connectivity index (χ1n) is 7.12. The van der Waals surface area contributed by atoms with E-state index in [0.717, 1.165) is 31.0 Å². The van der Waals surface area contributed by atoms with Gasteiger partial charge in [0, 0.05) is 18.8 Å². The van der Waals surface area contributed by atoms with Crippen LogP contribution in [-0.4, -0.2) is 31.0 Å². The van der Waals surface area contributed by atoms with Gasteiger partial charge in [0.15, 0.2) is 5.11 Å². The van der Waals surface area contributed by atoms with Crippen LogP contribution in [0.5, 0.6) is 5.75 Å². The fourth-order valence-electron chi connectivity index (χ4n) is 1.56. The average Bonchev–Trinajstić information content (AvgIpc) is 2.46. The average molecular weight is 308 g/mol. The molecule has 0 spiro atoms. The summed E-state index contributed by atoms with van der Waals surface area (Å²) in [4.78, 5) is 0. The van der Waals surface area contributed by atoms with E-state index in [1.807, 2.05) is 38.1 Å². The Morgan fingerprint density at radius 2 is 2.05 bits per heavy atom. The molecule has 0 aliphatic carbocycles. The molecule has 0 saturated heterocycles. The molecule has 1 aromatic carbocycles. The summed E-state index contributed by atoms with van der Waals surface area (Å²) >= 11 is 5.23. The van der Waals surface area contributed by atoms with Gasteiger partial charge in [0.25, 0.3) is 0 Å². The third-order valence-electron chi connectivity index (χ3n) is 2.54. The van der Waals surface area contributed by atoms with Crippen molar-refractivity contribution in [2.45, 2.75) is 26.4 Å². The molecule has 0 aliphatic rings. The molecular weight excluding hydrogens is 284 g/mol. The van der Waals surface area contributed by atoms with E-state index in [1.165, 1.54) is 0 Å². The molecule has 5 heteroatoms. The number of hydrogen-bond donors (Lipinski definition) is 2. The van der Waals surface area contributed by atoms with E-state index >= 15 is 0 Å². The molecule has 4 nitrogen and oxygen atoms in total. The number of hydrogen-bond acceptors (Lipinski definition) is 3. The van der Waals surface area contributed by atoms with Crippen LogP contribution in [-0.2, 0) is 4.74 Å². The highest BCUT2D eigenvalue weighted by molar-refractivity contribution is 7.80. The lowest BCUT2D eigenvalue weighted by Gasteiger charge is -2.12. The van der Waals surface area contributed by atoms with Crippen molar-refractivity contribution in [3.05, 3.63) is 36.9 Å². The molecule has 0 aromatic heterocycles. The van der Waals surface area contributed by atoms with Gasteiger partial charge in [-0.3, -0.25) is 0 Å². The fraction of sp³-hybridized carbons (Fsp3) is 0.438. The van der Waals surface area contributed by atoms with Gasteiger partial charge in [0.05, 0.1) is 6.10 Å². The first-order valence-corrected chi connectivity index (χ1v) is 7.53. The van der Waals surface area contributed by atoms with Crippen molar-refractivity contribution < 1.29 is 9.47 Å². The van der Waals surface area contributed by atoms with Crippen LogP contribution < -0.4 is 15.4 Å². The Morgan fingerprint density at radius 3 is 2.67 bits per heavy atom. The summed E-state index contributed by atoms with van der Waals surface area (Å²) in [5.74, 6) is 0.810. The van der Waals surface area contributed by atoms with E-state index in [0.29, 0.717) is 11.7 Å². The number of nitrogens with one attached hydrogen (secondary N) is 2. The topological polar surface area (TPSA) is 42.5 Å². The largest absolute Gasteiger partial charge is 0.490 e. The van der Waals surface area contributed by atoms with E-state index in [9.17, 15) is 0 Å². The maximum absolute atomic E-state index is 5.46. The molecule has 0 bridgehead atoms. The first-order chi connectivity index (χ1) is 10.1. The molecule has 0 aliphatic heterocycles. The highest BCUT2D eigenvalue weighted by Gasteiger charge is 1.99. The standard InChI is InChI=1S/C16H24N2O2S/c1-4-11-20-15-8-6-14(7-9-15)18-16(21)17-10-5-12-19-13(2)3/h4,6-9,13H,1,5,10-12H2,2-3H3,(H2,17,18,21). The van der Waals surface area contributed by atoms with Crippen LogP contribution in [0.3, 0.4) is 0 Å². The minimum atomic E-state index is 0.275. The van der Waals surface area contributed by atoms with Gasteiger partial charge in [-0.1, -0.05) is 12.7 Å². The molecule has 0 saturated carbocycles. The van der Waals surface area contributed by atoms with E-state index in [2.05, 4.69) is 17.2 Å². The van der Waals surface area contributed by atoms with Gasteiger partial charge in [-0.25, -0.2) is 0 Å². The van der Waals surface area contributed by atoms with Crippen LogP contribution in [0.2, 0.25) is 0 Å². The molecule has 0 atom stereocenters. The lowest BCUT2D eigenvalue weighted by atomic mass is 10.3. The summed E-state index contributed by atoms with van der Waals surface area (Å²) in [6, 6.07) is 7.64. The minimum absolute atomic E-state index is 0.275. The van der Waals surface area contributed by atoms with Gasteiger partial charge < -0.3 is 20.1 Å². The summed E-state index contributed by atoms with van der Waals surface area (Å²) in [7, 11) is 0. The van der Waals surface area contributed by atoms with Crippen molar-refractivity contribution in [3.8, 4) is 5.75 Å². The molecule has 0 heterocycles. The Labute approximate surface area is 132 Å². The smallest absolute Gasteiger partial charge is 0.170 e. The van der Waals surface area contributed by atoms with Crippen LogP contribution in [0.25, 0.3) is 0 Å². The first kappa shape index (κ1) is 17.5. The van der Waals surface area contributed by atoms with Crippen molar-refractivity contribution in [2.75, 3.05) is 25.1 Å². The zero-order valence-electron chi connectivity index (χ0n) is 12.7. The summed E-state index contributed by atoms with van der Waals surface area (Å²) < 4.78 is 10.9. The molecule has 0 radical (unpaired) electrons. The van der Waals surface area contributed by atoms with Crippen LogP contribution in [0, 0.1) is 0 Å². The second kappa shape index (κ2) is 10.2. The van der Waals surface area contributed by atoms with Crippen LogP contribution >= 0.6 is 12.2 Å². The predicted molar refractivity (Wildman–Crippen MR) is 92.1 cm³/mol. The van der Waals surface area contributed by atoms with Crippen molar-refractivity contribution >= 4 is 23.0 Å². The quantitative estimate of drug-likeness (QED) is 0.416. The van der Waals surface area contributed by atoms with Crippen molar-refractivity contribution in [1.29, 1.82) is 0 Å². The fourth-order valence-corrected chi connectivity index (χ4v) is 1.78. The Bertz CT molecular complexity index is 432. The van der Waals surface area contributed by atoms with Crippen molar-refractivity contribution in [1.82, 2.24) is 5.32 Å². The summed E-state index contributed by atoms with van der Waals surface area (Å²) in [6.45, 7) is 9.71. The van der Waals surface area contributed by atoms with Gasteiger partial charge in [0.1, 0.15) is 12.4 Å².